The lowest BCUT2D eigenvalue weighted by Gasteiger charge is -2.06. The predicted molar refractivity (Wildman–Crippen MR) is 59.1 cm³/mol. The van der Waals surface area contributed by atoms with E-state index in [2.05, 4.69) is 5.32 Å². The number of carbonyl (C=O) groups is 1. The first kappa shape index (κ1) is 12.3. The lowest BCUT2D eigenvalue weighted by atomic mass is 10.2. The van der Waals surface area contributed by atoms with Crippen LogP contribution in [0.15, 0.2) is 18.2 Å². The zero-order valence-electron chi connectivity index (χ0n) is 8.06. The Bertz CT molecular complexity index is 368. The molecule has 2 nitrogen and oxygen atoms in total. The molecule has 0 heterocycles. The molecule has 0 aliphatic rings. The average Bonchev–Trinajstić information content (AvgIpc) is 2.18. The number of nitrogens with one attached hydrogen (secondary N) is 1. The van der Waals surface area contributed by atoms with Gasteiger partial charge in [0.2, 0.25) is 0 Å². The molecule has 0 saturated carbocycles. The van der Waals surface area contributed by atoms with Crippen LogP contribution in [0.2, 0.25) is 5.02 Å². The molecule has 5 heteroatoms. The molecule has 0 radical (unpaired) electrons. The molecule has 1 aromatic rings. The van der Waals surface area contributed by atoms with Gasteiger partial charge in [0.25, 0.3) is 5.91 Å². The van der Waals surface area contributed by atoms with E-state index in [0.717, 1.165) is 6.07 Å². The van der Waals surface area contributed by atoms with E-state index in [4.69, 9.17) is 23.2 Å². The molecule has 15 heavy (non-hydrogen) atoms. The zero-order chi connectivity index (χ0) is 11.4. The first-order valence-electron chi connectivity index (χ1n) is 4.38. The number of halogens is 3. The summed E-state index contributed by atoms with van der Waals surface area (Å²) in [5.74, 6) is -0.971. The summed E-state index contributed by atoms with van der Waals surface area (Å²) in [6, 6.07) is 3.89. The lowest BCUT2D eigenvalue weighted by molar-refractivity contribution is 0.0953. The van der Waals surface area contributed by atoms with Crippen LogP contribution in [0.25, 0.3) is 0 Å². The van der Waals surface area contributed by atoms with Gasteiger partial charge in [0.15, 0.2) is 0 Å². The van der Waals surface area contributed by atoms with Gasteiger partial charge < -0.3 is 5.32 Å². The minimum absolute atomic E-state index is 0.00254. The minimum Gasteiger partial charge on any atom is -0.351 e. The molecular formula is C10H10Cl2FNO. The number of hydrogen-bond donors (Lipinski definition) is 1. The highest BCUT2D eigenvalue weighted by Gasteiger charge is 2.09. The van der Waals surface area contributed by atoms with Gasteiger partial charge in [-0.1, -0.05) is 11.6 Å². The first-order chi connectivity index (χ1) is 7.00. The summed E-state index contributed by atoms with van der Waals surface area (Å²) in [5.41, 5.74) is 0.231. The van der Waals surface area contributed by atoms with E-state index < -0.39 is 5.82 Å². The highest BCUT2D eigenvalue weighted by molar-refractivity contribution is 6.30. The van der Waals surface area contributed by atoms with Crippen LogP contribution < -0.4 is 5.32 Å². The largest absolute Gasteiger partial charge is 0.351 e. The van der Waals surface area contributed by atoms with Crippen LogP contribution in [0.3, 0.4) is 0 Å². The molecule has 1 N–H and O–H groups in total. The predicted octanol–water partition coefficient (Wildman–Crippen LogP) is 2.84. The number of hydrogen-bond acceptors (Lipinski definition) is 1. The van der Waals surface area contributed by atoms with Gasteiger partial charge in [0.05, 0.1) is 5.02 Å². The molecule has 1 atom stereocenters. The van der Waals surface area contributed by atoms with Gasteiger partial charge >= 0.3 is 0 Å². The quantitative estimate of drug-likeness (QED) is 0.821. The molecule has 1 unspecified atom stereocenters. The van der Waals surface area contributed by atoms with E-state index in [1.165, 1.54) is 12.1 Å². The second-order valence-corrected chi connectivity index (χ2v) is 4.27. The van der Waals surface area contributed by atoms with Crippen molar-refractivity contribution in [2.24, 2.45) is 0 Å². The smallest absolute Gasteiger partial charge is 0.251 e. The number of carbonyl (C=O) groups excluding carboxylic acids is 1. The normalized spacial score (nSPS) is 12.3. The fourth-order valence-electron chi connectivity index (χ4n) is 0.973. The van der Waals surface area contributed by atoms with Crippen molar-refractivity contribution in [2.75, 3.05) is 6.54 Å². The Morgan fingerprint density at radius 1 is 1.60 bits per heavy atom. The van der Waals surface area contributed by atoms with E-state index in [9.17, 15) is 9.18 Å². The average molecular weight is 250 g/mol. The van der Waals surface area contributed by atoms with Crippen molar-refractivity contribution in [1.29, 1.82) is 0 Å². The minimum atomic E-state index is -0.608. The SMILES string of the molecule is CC(Cl)CNC(=O)c1ccc(Cl)c(F)c1. The Labute approximate surface area is 97.4 Å². The van der Waals surface area contributed by atoms with Gasteiger partial charge in [-0.2, -0.15) is 0 Å². The molecule has 0 aromatic heterocycles. The van der Waals surface area contributed by atoms with Gasteiger partial charge in [0.1, 0.15) is 5.82 Å². The Kier molecular flexibility index (Phi) is 4.36. The maximum absolute atomic E-state index is 13.0. The Morgan fingerprint density at radius 3 is 2.80 bits per heavy atom. The van der Waals surface area contributed by atoms with E-state index in [-0.39, 0.29) is 21.9 Å². The maximum atomic E-state index is 13.0. The van der Waals surface area contributed by atoms with E-state index in [0.29, 0.717) is 6.54 Å². The van der Waals surface area contributed by atoms with Crippen molar-refractivity contribution in [2.45, 2.75) is 12.3 Å². The summed E-state index contributed by atoms with van der Waals surface area (Å²) >= 11 is 11.1. The molecule has 1 amide bonds. The second-order valence-electron chi connectivity index (χ2n) is 3.12. The van der Waals surface area contributed by atoms with Gasteiger partial charge in [-0.25, -0.2) is 4.39 Å². The third-order valence-corrected chi connectivity index (χ3v) is 2.19. The van der Waals surface area contributed by atoms with Crippen molar-refractivity contribution < 1.29 is 9.18 Å². The van der Waals surface area contributed by atoms with Crippen LogP contribution in [-0.4, -0.2) is 17.8 Å². The zero-order valence-corrected chi connectivity index (χ0v) is 9.57. The third-order valence-electron chi connectivity index (χ3n) is 1.73. The van der Waals surface area contributed by atoms with Crippen LogP contribution in [0.1, 0.15) is 17.3 Å². The van der Waals surface area contributed by atoms with Crippen LogP contribution in [0.4, 0.5) is 4.39 Å². The van der Waals surface area contributed by atoms with Crippen molar-refractivity contribution >= 4 is 29.1 Å². The van der Waals surface area contributed by atoms with E-state index in [1.54, 1.807) is 6.92 Å². The molecule has 1 rings (SSSR count). The fraction of sp³-hybridized carbons (Fsp3) is 0.300. The number of benzene rings is 1. The summed E-state index contributed by atoms with van der Waals surface area (Å²) in [6.45, 7) is 2.09. The molecular weight excluding hydrogens is 240 g/mol. The van der Waals surface area contributed by atoms with E-state index >= 15 is 0 Å². The Hall–Kier alpha value is -0.800. The molecule has 0 spiro atoms. The lowest BCUT2D eigenvalue weighted by Crippen LogP contribution is -2.28. The molecule has 0 bridgehead atoms. The van der Waals surface area contributed by atoms with E-state index in [1.807, 2.05) is 0 Å². The van der Waals surface area contributed by atoms with Gasteiger partial charge in [0, 0.05) is 17.5 Å². The summed E-state index contributed by atoms with van der Waals surface area (Å²) in [4.78, 5) is 11.4. The second kappa shape index (κ2) is 5.33. The highest BCUT2D eigenvalue weighted by atomic mass is 35.5. The molecule has 0 aliphatic carbocycles. The highest BCUT2D eigenvalue weighted by Crippen LogP contribution is 2.15. The van der Waals surface area contributed by atoms with Gasteiger partial charge in [-0.3, -0.25) is 4.79 Å². The van der Waals surface area contributed by atoms with Gasteiger partial charge in [-0.05, 0) is 25.1 Å². The summed E-state index contributed by atoms with van der Waals surface area (Å²) < 4.78 is 13.0. The molecule has 82 valence electrons. The topological polar surface area (TPSA) is 29.1 Å². The van der Waals surface area contributed by atoms with Crippen LogP contribution in [0.5, 0.6) is 0 Å². The number of amides is 1. The van der Waals surface area contributed by atoms with Crippen molar-refractivity contribution in [3.63, 3.8) is 0 Å². The number of alkyl halides is 1. The number of rotatable bonds is 3. The van der Waals surface area contributed by atoms with Crippen molar-refractivity contribution in [1.82, 2.24) is 5.32 Å². The van der Waals surface area contributed by atoms with Crippen LogP contribution in [-0.2, 0) is 0 Å². The summed E-state index contributed by atoms with van der Waals surface area (Å²) in [6.07, 6.45) is 0. The third kappa shape index (κ3) is 3.68. The summed E-state index contributed by atoms with van der Waals surface area (Å²) in [7, 11) is 0. The maximum Gasteiger partial charge on any atom is 0.251 e. The Balaban J connectivity index is 2.70. The molecule has 0 aliphatic heterocycles. The summed E-state index contributed by atoms with van der Waals surface area (Å²) in [5, 5.41) is 2.40. The molecule has 0 saturated heterocycles. The van der Waals surface area contributed by atoms with Crippen LogP contribution >= 0.6 is 23.2 Å². The monoisotopic (exact) mass is 249 g/mol. The molecule has 1 aromatic carbocycles. The molecule has 0 fully saturated rings. The fourth-order valence-corrected chi connectivity index (χ4v) is 1.17. The van der Waals surface area contributed by atoms with Crippen LogP contribution in [0, 0.1) is 5.82 Å². The van der Waals surface area contributed by atoms with Crippen molar-refractivity contribution in [3.8, 4) is 0 Å². The first-order valence-corrected chi connectivity index (χ1v) is 5.19. The van der Waals surface area contributed by atoms with Crippen molar-refractivity contribution in [3.05, 3.63) is 34.6 Å². The van der Waals surface area contributed by atoms with Gasteiger partial charge in [-0.15, -0.1) is 11.6 Å². The Morgan fingerprint density at radius 2 is 2.27 bits per heavy atom. The standard InChI is InChI=1S/C10H10Cl2FNO/c1-6(11)5-14-10(15)7-2-3-8(12)9(13)4-7/h2-4,6H,5H2,1H3,(H,14,15).